The fourth-order valence-electron chi connectivity index (χ4n) is 2.97. The summed E-state index contributed by atoms with van der Waals surface area (Å²) < 4.78 is 4.80. The zero-order valence-corrected chi connectivity index (χ0v) is 18.0. The summed E-state index contributed by atoms with van der Waals surface area (Å²) in [6.45, 7) is 6.51. The summed E-state index contributed by atoms with van der Waals surface area (Å²) in [5.74, 6) is -1.07. The zero-order valence-electron chi connectivity index (χ0n) is 18.0. The Balaban J connectivity index is 1.85. The molecule has 1 unspecified atom stereocenters. The lowest BCUT2D eigenvalue weighted by atomic mass is 9.87. The van der Waals surface area contributed by atoms with Crippen LogP contribution in [-0.4, -0.2) is 37.5 Å². The predicted molar refractivity (Wildman–Crippen MR) is 116 cm³/mol. The quantitative estimate of drug-likeness (QED) is 0.655. The van der Waals surface area contributed by atoms with Crippen LogP contribution in [-0.2, 0) is 26.2 Å². The molecule has 2 aromatic carbocycles. The van der Waals surface area contributed by atoms with Crippen LogP contribution in [0.25, 0.3) is 0 Å². The van der Waals surface area contributed by atoms with E-state index in [-0.39, 0.29) is 30.2 Å². The Labute approximate surface area is 178 Å². The molecule has 0 aliphatic heterocycles. The van der Waals surface area contributed by atoms with E-state index in [2.05, 4.69) is 31.4 Å². The van der Waals surface area contributed by atoms with Crippen molar-refractivity contribution >= 4 is 17.8 Å². The fraction of sp³-hybridized carbons (Fsp3) is 0.375. The molecule has 30 heavy (non-hydrogen) atoms. The number of benzene rings is 2. The van der Waals surface area contributed by atoms with Crippen molar-refractivity contribution in [1.82, 2.24) is 10.6 Å². The van der Waals surface area contributed by atoms with Gasteiger partial charge in [-0.15, -0.1) is 0 Å². The monoisotopic (exact) mass is 410 g/mol. The molecule has 0 aliphatic carbocycles. The average molecular weight is 411 g/mol. The molecule has 2 rings (SSSR count). The number of hydrogen-bond acceptors (Lipinski definition) is 4. The zero-order chi connectivity index (χ0) is 22.1. The van der Waals surface area contributed by atoms with Gasteiger partial charge in [0.1, 0.15) is 6.04 Å². The molecule has 0 radical (unpaired) electrons. The first-order chi connectivity index (χ1) is 14.2. The van der Waals surface area contributed by atoms with Gasteiger partial charge in [-0.05, 0) is 28.7 Å². The number of hydrogen-bond donors (Lipinski definition) is 2. The lowest BCUT2D eigenvalue weighted by Gasteiger charge is -2.19. The van der Waals surface area contributed by atoms with E-state index in [0.717, 1.165) is 11.1 Å². The van der Waals surface area contributed by atoms with E-state index in [0.29, 0.717) is 12.0 Å². The summed E-state index contributed by atoms with van der Waals surface area (Å²) in [7, 11) is 1.29. The highest BCUT2D eigenvalue weighted by molar-refractivity contribution is 5.94. The van der Waals surface area contributed by atoms with Crippen molar-refractivity contribution in [3.8, 4) is 0 Å². The summed E-state index contributed by atoms with van der Waals surface area (Å²) in [6, 6.07) is 16.1. The maximum absolute atomic E-state index is 12.3. The lowest BCUT2D eigenvalue weighted by Crippen LogP contribution is -2.44. The van der Waals surface area contributed by atoms with Gasteiger partial charge in [-0.1, -0.05) is 63.2 Å². The first-order valence-corrected chi connectivity index (χ1v) is 10.0. The van der Waals surface area contributed by atoms with Gasteiger partial charge in [0.15, 0.2) is 0 Å². The standard InChI is InChI=1S/C24H30N2O4/c1-24(2,3)19-12-10-18(11-13-19)22(28)25-15-14-21(27)26-20(23(29)30-4)16-17-8-6-5-7-9-17/h5-13,20H,14-16H2,1-4H3,(H,25,28)(H,26,27). The molecule has 6 nitrogen and oxygen atoms in total. The first-order valence-electron chi connectivity index (χ1n) is 10.0. The molecule has 6 heteroatoms. The van der Waals surface area contributed by atoms with Crippen molar-refractivity contribution in [2.45, 2.75) is 45.1 Å². The van der Waals surface area contributed by atoms with Crippen molar-refractivity contribution in [2.24, 2.45) is 0 Å². The van der Waals surface area contributed by atoms with Crippen LogP contribution in [0.15, 0.2) is 54.6 Å². The summed E-state index contributed by atoms with van der Waals surface area (Å²) in [5, 5.41) is 5.43. The van der Waals surface area contributed by atoms with Crippen LogP contribution in [0.1, 0.15) is 48.7 Å². The van der Waals surface area contributed by atoms with E-state index in [1.807, 2.05) is 42.5 Å². The molecule has 0 saturated heterocycles. The van der Waals surface area contributed by atoms with Crippen molar-refractivity contribution in [2.75, 3.05) is 13.7 Å². The van der Waals surface area contributed by atoms with Crippen LogP contribution >= 0.6 is 0 Å². The first kappa shape index (κ1) is 23.1. The van der Waals surface area contributed by atoms with E-state index in [4.69, 9.17) is 4.74 Å². The molecule has 0 bridgehead atoms. The Morgan fingerprint density at radius 2 is 1.60 bits per heavy atom. The van der Waals surface area contributed by atoms with E-state index >= 15 is 0 Å². The number of amides is 2. The highest BCUT2D eigenvalue weighted by Gasteiger charge is 2.22. The molecule has 2 N–H and O–H groups in total. The molecule has 1 atom stereocenters. The Morgan fingerprint density at radius 1 is 0.967 bits per heavy atom. The maximum Gasteiger partial charge on any atom is 0.328 e. The predicted octanol–water partition coefficient (Wildman–Crippen LogP) is 3.00. The summed E-state index contributed by atoms with van der Waals surface area (Å²) >= 11 is 0. The smallest absolute Gasteiger partial charge is 0.328 e. The Morgan fingerprint density at radius 3 is 2.17 bits per heavy atom. The van der Waals surface area contributed by atoms with E-state index in [1.54, 1.807) is 12.1 Å². The SMILES string of the molecule is COC(=O)C(Cc1ccccc1)NC(=O)CCNC(=O)c1ccc(C(C)(C)C)cc1. The minimum absolute atomic E-state index is 0.0169. The molecular formula is C24H30N2O4. The van der Waals surface area contributed by atoms with Gasteiger partial charge in [0.2, 0.25) is 5.91 Å². The number of methoxy groups -OCH3 is 1. The second-order valence-electron chi connectivity index (χ2n) is 8.17. The Hall–Kier alpha value is -3.15. The third-order valence-corrected chi connectivity index (χ3v) is 4.75. The number of ether oxygens (including phenoxy) is 1. The summed E-state index contributed by atoms with van der Waals surface area (Å²) in [6.07, 6.45) is 0.403. The highest BCUT2D eigenvalue weighted by Crippen LogP contribution is 2.22. The van der Waals surface area contributed by atoms with Gasteiger partial charge in [-0.2, -0.15) is 0 Å². The molecular weight excluding hydrogens is 380 g/mol. The van der Waals surface area contributed by atoms with Crippen molar-refractivity contribution in [3.05, 3.63) is 71.3 Å². The third kappa shape index (κ3) is 7.03. The number of rotatable bonds is 8. The van der Waals surface area contributed by atoms with Crippen LogP contribution < -0.4 is 10.6 Å². The molecule has 2 aromatic rings. The third-order valence-electron chi connectivity index (χ3n) is 4.75. The maximum atomic E-state index is 12.3. The van der Waals surface area contributed by atoms with E-state index in [1.165, 1.54) is 7.11 Å². The van der Waals surface area contributed by atoms with Gasteiger partial charge in [0.25, 0.3) is 5.91 Å². The van der Waals surface area contributed by atoms with Gasteiger partial charge in [0, 0.05) is 24.9 Å². The van der Waals surface area contributed by atoms with Gasteiger partial charge >= 0.3 is 5.97 Å². The number of nitrogens with one attached hydrogen (secondary N) is 2. The van der Waals surface area contributed by atoms with Gasteiger partial charge in [0.05, 0.1) is 7.11 Å². The average Bonchev–Trinajstić information content (AvgIpc) is 2.72. The normalized spacial score (nSPS) is 12.0. The lowest BCUT2D eigenvalue weighted by molar-refractivity contribution is -0.145. The summed E-state index contributed by atoms with van der Waals surface area (Å²) in [4.78, 5) is 36.6. The van der Waals surface area contributed by atoms with Gasteiger partial charge < -0.3 is 15.4 Å². The second-order valence-corrected chi connectivity index (χ2v) is 8.17. The fourth-order valence-corrected chi connectivity index (χ4v) is 2.97. The van der Waals surface area contributed by atoms with Crippen LogP contribution in [0.2, 0.25) is 0 Å². The van der Waals surface area contributed by atoms with E-state index < -0.39 is 12.0 Å². The second kappa shape index (κ2) is 10.6. The van der Waals surface area contributed by atoms with Crippen LogP contribution in [0.3, 0.4) is 0 Å². The van der Waals surface area contributed by atoms with Crippen molar-refractivity contribution in [1.29, 1.82) is 0 Å². The van der Waals surface area contributed by atoms with Gasteiger partial charge in [-0.25, -0.2) is 4.79 Å². The van der Waals surface area contributed by atoms with Crippen LogP contribution in [0.5, 0.6) is 0 Å². The van der Waals surface area contributed by atoms with Gasteiger partial charge in [-0.3, -0.25) is 9.59 Å². The Bertz CT molecular complexity index is 855. The Kier molecular flexibility index (Phi) is 8.16. The minimum atomic E-state index is -0.773. The summed E-state index contributed by atoms with van der Waals surface area (Å²) in [5.41, 5.74) is 2.62. The minimum Gasteiger partial charge on any atom is -0.467 e. The number of carbonyl (C=O) groups excluding carboxylic acids is 3. The van der Waals surface area contributed by atoms with E-state index in [9.17, 15) is 14.4 Å². The van der Waals surface area contributed by atoms with Crippen molar-refractivity contribution in [3.63, 3.8) is 0 Å². The largest absolute Gasteiger partial charge is 0.467 e. The van der Waals surface area contributed by atoms with Crippen LogP contribution in [0, 0.1) is 0 Å². The highest BCUT2D eigenvalue weighted by atomic mass is 16.5. The molecule has 0 aliphatic rings. The molecule has 160 valence electrons. The van der Waals surface area contributed by atoms with Crippen LogP contribution in [0.4, 0.5) is 0 Å². The molecule has 2 amide bonds. The molecule has 0 heterocycles. The molecule has 0 spiro atoms. The molecule has 0 aromatic heterocycles. The number of carbonyl (C=O) groups is 3. The molecule has 0 fully saturated rings. The topological polar surface area (TPSA) is 84.5 Å². The van der Waals surface area contributed by atoms with Crippen molar-refractivity contribution < 1.29 is 19.1 Å². The molecule has 0 saturated carbocycles. The number of esters is 1.